The molecule has 0 aromatic rings. The fourth-order valence-electron chi connectivity index (χ4n) is 6.03. The minimum atomic E-state index is -0.392. The van der Waals surface area contributed by atoms with Gasteiger partial charge in [0.1, 0.15) is 6.29 Å². The maximum absolute atomic E-state index is 11.2. The second-order valence-electron chi connectivity index (χ2n) is 8.69. The van der Waals surface area contributed by atoms with Crippen molar-refractivity contribution in [2.24, 2.45) is 28.6 Å². The third-order valence-electron chi connectivity index (χ3n) is 7.39. The van der Waals surface area contributed by atoms with Gasteiger partial charge in [-0.25, -0.2) is 0 Å². The van der Waals surface area contributed by atoms with Crippen molar-refractivity contribution in [3.63, 3.8) is 0 Å². The summed E-state index contributed by atoms with van der Waals surface area (Å²) in [5.74, 6) is 1.20. The minimum absolute atomic E-state index is 0.0631. The van der Waals surface area contributed by atoms with E-state index in [4.69, 9.17) is 0 Å². The second-order valence-corrected chi connectivity index (χ2v) is 8.69. The molecule has 0 spiro atoms. The molecule has 0 amide bonds. The van der Waals surface area contributed by atoms with E-state index >= 15 is 0 Å². The van der Waals surface area contributed by atoms with E-state index in [1.165, 1.54) is 0 Å². The highest BCUT2D eigenvalue weighted by molar-refractivity contribution is 5.73. The lowest BCUT2D eigenvalue weighted by atomic mass is 9.45. The highest BCUT2D eigenvalue weighted by Gasteiger charge is 2.58. The predicted octanol–water partition coefficient (Wildman–Crippen LogP) is 3.10. The topological polar surface area (TPSA) is 57.5 Å². The summed E-state index contributed by atoms with van der Waals surface area (Å²) in [5.41, 5.74) is 0.852. The van der Waals surface area contributed by atoms with Crippen molar-refractivity contribution in [3.8, 4) is 0 Å². The number of carbonyl (C=O) groups is 1. The summed E-state index contributed by atoms with van der Waals surface area (Å²) in [6.07, 6.45) is 7.74. The van der Waals surface area contributed by atoms with Crippen LogP contribution in [0.15, 0.2) is 11.6 Å². The molecule has 3 heteroatoms. The molecule has 0 heterocycles. The van der Waals surface area contributed by atoms with Crippen LogP contribution in [0, 0.1) is 28.6 Å². The van der Waals surface area contributed by atoms with Crippen LogP contribution in [0.1, 0.15) is 59.3 Å². The lowest BCUT2D eigenvalue weighted by molar-refractivity contribution is -0.160. The summed E-state index contributed by atoms with van der Waals surface area (Å²) in [4.78, 5) is 11.2. The molecule has 0 aromatic heterocycles. The Balaban J connectivity index is 1.96. The third kappa shape index (κ3) is 2.28. The highest BCUT2D eigenvalue weighted by Crippen LogP contribution is 2.63. The Morgan fingerprint density at radius 2 is 1.91 bits per heavy atom. The maximum Gasteiger partial charge on any atom is 0.145 e. The van der Waals surface area contributed by atoms with Gasteiger partial charge in [-0.3, -0.25) is 4.79 Å². The SMILES string of the molecule is CC1(C)C(O)CCC2(C)C3CC=C(C=O)CC(O)C3CCC12. The molecule has 3 nitrogen and oxygen atoms in total. The first-order chi connectivity index (χ1) is 10.3. The molecule has 22 heavy (non-hydrogen) atoms. The van der Waals surface area contributed by atoms with Gasteiger partial charge >= 0.3 is 0 Å². The Bertz CT molecular complexity index is 481. The van der Waals surface area contributed by atoms with Crippen LogP contribution in [-0.2, 0) is 4.79 Å². The molecule has 2 fully saturated rings. The van der Waals surface area contributed by atoms with Gasteiger partial charge in [0.05, 0.1) is 12.2 Å². The van der Waals surface area contributed by atoms with Gasteiger partial charge in [0.2, 0.25) is 0 Å². The first kappa shape index (κ1) is 16.2. The van der Waals surface area contributed by atoms with Crippen molar-refractivity contribution in [2.45, 2.75) is 71.5 Å². The van der Waals surface area contributed by atoms with E-state index in [1.807, 2.05) is 0 Å². The zero-order chi connectivity index (χ0) is 16.1. The Kier molecular flexibility index (Phi) is 4.01. The van der Waals surface area contributed by atoms with E-state index in [1.54, 1.807) is 0 Å². The fourth-order valence-corrected chi connectivity index (χ4v) is 6.03. The number of rotatable bonds is 1. The Morgan fingerprint density at radius 3 is 2.59 bits per heavy atom. The van der Waals surface area contributed by atoms with Crippen molar-refractivity contribution in [1.29, 1.82) is 0 Å². The van der Waals surface area contributed by atoms with Gasteiger partial charge in [-0.15, -0.1) is 0 Å². The number of allylic oxidation sites excluding steroid dienone is 1. The van der Waals surface area contributed by atoms with E-state index in [-0.39, 0.29) is 16.9 Å². The molecule has 0 radical (unpaired) electrons. The van der Waals surface area contributed by atoms with Gasteiger partial charge in [-0.05, 0) is 66.3 Å². The first-order valence-corrected chi connectivity index (χ1v) is 8.81. The van der Waals surface area contributed by atoms with Crippen LogP contribution in [0.5, 0.6) is 0 Å². The highest BCUT2D eigenvalue weighted by atomic mass is 16.3. The van der Waals surface area contributed by atoms with Crippen LogP contribution in [0.3, 0.4) is 0 Å². The second kappa shape index (κ2) is 5.45. The van der Waals surface area contributed by atoms with Crippen LogP contribution in [0.25, 0.3) is 0 Å². The van der Waals surface area contributed by atoms with Crippen molar-refractivity contribution in [3.05, 3.63) is 11.6 Å². The summed E-state index contributed by atoms with van der Waals surface area (Å²) in [6, 6.07) is 0. The zero-order valence-corrected chi connectivity index (χ0v) is 14.1. The van der Waals surface area contributed by atoms with Crippen molar-refractivity contribution >= 4 is 6.29 Å². The van der Waals surface area contributed by atoms with Gasteiger partial charge in [-0.1, -0.05) is 26.8 Å². The average Bonchev–Trinajstić information content (AvgIpc) is 2.63. The first-order valence-electron chi connectivity index (χ1n) is 8.81. The Hall–Kier alpha value is -0.670. The molecule has 2 N–H and O–H groups in total. The van der Waals surface area contributed by atoms with E-state index in [2.05, 4.69) is 26.8 Å². The number of carbonyl (C=O) groups excluding carboxylic acids is 1. The number of aldehydes is 1. The number of aliphatic hydroxyl groups excluding tert-OH is 2. The zero-order valence-electron chi connectivity index (χ0n) is 14.1. The molecule has 124 valence electrons. The van der Waals surface area contributed by atoms with Gasteiger partial charge in [0.15, 0.2) is 0 Å². The van der Waals surface area contributed by atoms with Crippen molar-refractivity contribution in [1.82, 2.24) is 0 Å². The van der Waals surface area contributed by atoms with Crippen LogP contribution >= 0.6 is 0 Å². The van der Waals surface area contributed by atoms with Gasteiger partial charge in [0, 0.05) is 6.42 Å². The van der Waals surface area contributed by atoms with E-state index in [0.29, 0.717) is 24.2 Å². The molecule has 6 unspecified atom stereocenters. The summed E-state index contributed by atoms with van der Waals surface area (Å²) >= 11 is 0. The molecule has 0 aliphatic heterocycles. The molecule has 0 bridgehead atoms. The molecule has 3 rings (SSSR count). The number of hydrogen-bond donors (Lipinski definition) is 2. The summed E-state index contributed by atoms with van der Waals surface area (Å²) < 4.78 is 0. The Labute approximate surface area is 133 Å². The van der Waals surface area contributed by atoms with Crippen molar-refractivity contribution in [2.75, 3.05) is 0 Å². The van der Waals surface area contributed by atoms with E-state index < -0.39 is 6.10 Å². The smallest absolute Gasteiger partial charge is 0.145 e. The molecule has 0 saturated heterocycles. The molecule has 3 aliphatic rings. The third-order valence-corrected chi connectivity index (χ3v) is 7.39. The van der Waals surface area contributed by atoms with Crippen molar-refractivity contribution < 1.29 is 15.0 Å². The minimum Gasteiger partial charge on any atom is -0.393 e. The van der Waals surface area contributed by atoms with Gasteiger partial charge in [0.25, 0.3) is 0 Å². The van der Waals surface area contributed by atoms with Crippen LogP contribution in [0.2, 0.25) is 0 Å². The van der Waals surface area contributed by atoms with Crippen LogP contribution in [-0.4, -0.2) is 28.7 Å². The summed E-state index contributed by atoms with van der Waals surface area (Å²) in [6.45, 7) is 6.79. The van der Waals surface area contributed by atoms with Crippen LogP contribution < -0.4 is 0 Å². The predicted molar refractivity (Wildman–Crippen MR) is 86.2 cm³/mol. The molecule has 3 aliphatic carbocycles. The monoisotopic (exact) mass is 306 g/mol. The average molecular weight is 306 g/mol. The summed E-state index contributed by atoms with van der Waals surface area (Å²) in [5, 5.41) is 21.1. The molecular formula is C19H30O3. The number of aliphatic hydroxyl groups is 2. The van der Waals surface area contributed by atoms with E-state index in [0.717, 1.165) is 44.0 Å². The number of hydrogen-bond acceptors (Lipinski definition) is 3. The molecule has 2 saturated carbocycles. The number of fused-ring (bicyclic) bond motifs is 3. The quantitative estimate of drug-likeness (QED) is 0.732. The van der Waals surface area contributed by atoms with Gasteiger partial charge in [-0.2, -0.15) is 0 Å². The van der Waals surface area contributed by atoms with Gasteiger partial charge < -0.3 is 10.2 Å². The maximum atomic E-state index is 11.2. The lowest BCUT2D eigenvalue weighted by Crippen LogP contribution is -2.57. The molecular weight excluding hydrogens is 276 g/mol. The standard InChI is InChI=1S/C19H30O3/c1-18(2)16-7-5-13-14(19(16,3)9-8-17(18)22)6-4-12(11-20)10-15(13)21/h4,11,13-17,21-22H,5-10H2,1-3H3. The van der Waals surface area contributed by atoms with Crippen LogP contribution in [0.4, 0.5) is 0 Å². The van der Waals surface area contributed by atoms with E-state index in [9.17, 15) is 15.0 Å². The molecule has 6 atom stereocenters. The summed E-state index contributed by atoms with van der Waals surface area (Å²) in [7, 11) is 0. The Morgan fingerprint density at radius 1 is 1.18 bits per heavy atom. The lowest BCUT2D eigenvalue weighted by Gasteiger charge is -2.61. The fraction of sp³-hybridized carbons (Fsp3) is 0.842. The largest absolute Gasteiger partial charge is 0.393 e. The molecule has 0 aromatic carbocycles. The normalized spacial score (nSPS) is 47.7.